The Hall–Kier alpha value is -2.30. The molecule has 0 aliphatic carbocycles. The fourth-order valence-corrected chi connectivity index (χ4v) is 2.59. The fourth-order valence-electron chi connectivity index (χ4n) is 2.59. The van der Waals surface area contributed by atoms with Gasteiger partial charge in [0, 0.05) is 0 Å². The average molecular weight is 291 g/mol. The van der Waals surface area contributed by atoms with Gasteiger partial charge in [-0.25, -0.2) is 9.55 Å². The Morgan fingerprint density at radius 2 is 1.57 bits per heavy atom. The quantitative estimate of drug-likeness (QED) is 0.686. The maximum atomic E-state index is 13.3. The Morgan fingerprint density at radius 3 is 2.24 bits per heavy atom. The minimum atomic E-state index is -4.43. The molecule has 1 aromatic heterocycles. The third-order valence-electron chi connectivity index (χ3n) is 3.60. The number of para-hydroxylation sites is 2. The number of alkyl halides is 3. The van der Waals surface area contributed by atoms with E-state index in [9.17, 15) is 13.2 Å². The van der Waals surface area contributed by atoms with E-state index >= 15 is 0 Å². The first kappa shape index (κ1) is 13.7. The highest BCUT2D eigenvalue weighted by Gasteiger charge is 2.45. The monoisotopic (exact) mass is 291 g/mol. The predicted octanol–water partition coefficient (Wildman–Crippen LogP) is 4.08. The molecule has 0 saturated carbocycles. The van der Waals surface area contributed by atoms with Crippen molar-refractivity contribution in [3.63, 3.8) is 0 Å². The van der Waals surface area contributed by atoms with Crippen LogP contribution in [0.3, 0.4) is 0 Å². The van der Waals surface area contributed by atoms with E-state index in [0.29, 0.717) is 11.0 Å². The molecule has 0 bridgehead atoms. The summed E-state index contributed by atoms with van der Waals surface area (Å²) in [5.74, 6) is -0.736. The van der Waals surface area contributed by atoms with Gasteiger partial charge in [-0.15, -0.1) is 0 Å². The molecule has 0 radical (unpaired) electrons. The Balaban J connectivity index is 2.25. The molecule has 1 unspecified atom stereocenters. The van der Waals surface area contributed by atoms with Gasteiger partial charge in [-0.2, -0.15) is 13.2 Å². The maximum absolute atomic E-state index is 13.3. The van der Waals surface area contributed by atoms with Crippen LogP contribution in [-0.2, 0) is 6.18 Å². The van der Waals surface area contributed by atoms with Crippen LogP contribution < -0.4 is 4.57 Å². The average Bonchev–Trinajstić information content (AvgIpc) is 2.87. The highest BCUT2D eigenvalue weighted by Crippen LogP contribution is 2.29. The van der Waals surface area contributed by atoms with Crippen LogP contribution in [0.15, 0.2) is 54.6 Å². The molecule has 0 aliphatic heterocycles. The summed E-state index contributed by atoms with van der Waals surface area (Å²) in [5.41, 5.74) is 1.85. The highest BCUT2D eigenvalue weighted by atomic mass is 19.4. The van der Waals surface area contributed by atoms with Gasteiger partial charge in [-0.1, -0.05) is 42.5 Å². The summed E-state index contributed by atoms with van der Waals surface area (Å²) in [6.45, 7) is 1.77. The van der Waals surface area contributed by atoms with E-state index in [2.05, 4.69) is 4.98 Å². The lowest BCUT2D eigenvalue weighted by molar-refractivity contribution is -0.704. The van der Waals surface area contributed by atoms with Crippen LogP contribution in [0.25, 0.3) is 11.0 Å². The molecule has 3 aromatic rings. The fraction of sp³-hybridized carbons (Fsp3) is 0.188. The molecular weight excluding hydrogens is 277 g/mol. The molecule has 0 fully saturated rings. The molecule has 21 heavy (non-hydrogen) atoms. The number of hydrogen-bond donors (Lipinski definition) is 1. The van der Waals surface area contributed by atoms with Gasteiger partial charge >= 0.3 is 12.0 Å². The smallest absolute Gasteiger partial charge is 0.233 e. The van der Waals surface area contributed by atoms with E-state index < -0.39 is 18.0 Å². The van der Waals surface area contributed by atoms with E-state index in [0.717, 1.165) is 5.56 Å². The lowest BCUT2D eigenvalue weighted by atomic mass is 10.1. The van der Waals surface area contributed by atoms with Crippen LogP contribution in [0.2, 0.25) is 0 Å². The number of rotatable bonds is 2. The van der Waals surface area contributed by atoms with Crippen LogP contribution in [0, 0.1) is 0 Å². The number of nitrogens with one attached hydrogen (secondary N) is 1. The first-order valence-electron chi connectivity index (χ1n) is 6.63. The Kier molecular flexibility index (Phi) is 3.20. The first-order chi connectivity index (χ1) is 9.98. The van der Waals surface area contributed by atoms with E-state index in [1.54, 1.807) is 31.2 Å². The van der Waals surface area contributed by atoms with Gasteiger partial charge in [-0.05, 0) is 24.6 Å². The van der Waals surface area contributed by atoms with E-state index in [1.807, 2.05) is 30.3 Å². The van der Waals surface area contributed by atoms with Crippen molar-refractivity contribution in [1.29, 1.82) is 0 Å². The summed E-state index contributed by atoms with van der Waals surface area (Å²) in [6, 6.07) is 15.6. The van der Waals surface area contributed by atoms with Gasteiger partial charge in [0.25, 0.3) is 0 Å². The van der Waals surface area contributed by atoms with Crippen LogP contribution in [0.4, 0.5) is 13.2 Å². The summed E-state index contributed by atoms with van der Waals surface area (Å²) in [4.78, 5) is 2.49. The molecule has 1 N–H and O–H groups in total. The van der Waals surface area contributed by atoms with Crippen LogP contribution in [-0.4, -0.2) is 4.98 Å². The number of benzene rings is 2. The number of halogens is 3. The zero-order valence-corrected chi connectivity index (χ0v) is 11.4. The van der Waals surface area contributed by atoms with Crippen LogP contribution >= 0.6 is 0 Å². The molecule has 5 heteroatoms. The highest BCUT2D eigenvalue weighted by molar-refractivity contribution is 5.71. The number of aromatic amines is 1. The lowest BCUT2D eigenvalue weighted by Crippen LogP contribution is -2.44. The standard InChI is InChI=1S/C16H13F3N2/c1-11(12-7-3-2-4-8-12)21-14-10-6-5-9-13(14)20-15(21)16(17,18)19/h2-11H,1H3/p+1. The minimum Gasteiger partial charge on any atom is -0.233 e. The number of nitrogens with zero attached hydrogens (tertiary/aromatic N) is 1. The molecule has 1 heterocycles. The van der Waals surface area contributed by atoms with Crippen molar-refractivity contribution in [2.24, 2.45) is 0 Å². The molecule has 0 saturated heterocycles. The topological polar surface area (TPSA) is 19.7 Å². The van der Waals surface area contributed by atoms with Crippen molar-refractivity contribution in [2.75, 3.05) is 0 Å². The van der Waals surface area contributed by atoms with Gasteiger partial charge in [0.05, 0.1) is 0 Å². The third-order valence-corrected chi connectivity index (χ3v) is 3.60. The van der Waals surface area contributed by atoms with E-state index in [1.165, 1.54) is 4.57 Å². The summed E-state index contributed by atoms with van der Waals surface area (Å²) < 4.78 is 41.2. The zero-order valence-electron chi connectivity index (χ0n) is 11.4. The maximum Gasteiger partial charge on any atom is 0.494 e. The number of aromatic nitrogens is 2. The summed E-state index contributed by atoms with van der Waals surface area (Å²) >= 11 is 0. The van der Waals surface area contributed by atoms with Gasteiger partial charge < -0.3 is 0 Å². The third kappa shape index (κ3) is 2.39. The summed E-state index contributed by atoms with van der Waals surface area (Å²) in [5, 5.41) is 0. The van der Waals surface area contributed by atoms with E-state index in [-0.39, 0.29) is 0 Å². The molecular formula is C16H14F3N2+. The van der Waals surface area contributed by atoms with E-state index in [4.69, 9.17) is 0 Å². The normalized spacial score (nSPS) is 13.5. The van der Waals surface area contributed by atoms with Gasteiger partial charge in [0.15, 0.2) is 11.0 Å². The molecule has 3 rings (SSSR count). The number of fused-ring (bicyclic) bond motifs is 1. The van der Waals surface area contributed by atoms with Gasteiger partial charge in [-0.3, -0.25) is 0 Å². The van der Waals surface area contributed by atoms with Crippen LogP contribution in [0.1, 0.15) is 24.4 Å². The zero-order chi connectivity index (χ0) is 15.0. The molecule has 0 amide bonds. The Morgan fingerprint density at radius 1 is 0.952 bits per heavy atom. The minimum absolute atomic E-state index is 0.418. The second kappa shape index (κ2) is 4.91. The Bertz CT molecular complexity index is 760. The molecule has 108 valence electrons. The SMILES string of the molecule is CC(c1ccccc1)[n+]1c(C(F)(F)F)[nH]c2ccccc21. The van der Waals surface area contributed by atoms with Crippen molar-refractivity contribution >= 4 is 11.0 Å². The first-order valence-corrected chi connectivity index (χ1v) is 6.63. The largest absolute Gasteiger partial charge is 0.494 e. The number of H-pyrrole nitrogens is 1. The molecule has 2 nitrogen and oxygen atoms in total. The van der Waals surface area contributed by atoms with Crippen molar-refractivity contribution in [3.8, 4) is 0 Å². The lowest BCUT2D eigenvalue weighted by Gasteiger charge is -2.12. The molecule has 1 atom stereocenters. The molecule has 0 spiro atoms. The Labute approximate surface area is 119 Å². The van der Waals surface area contributed by atoms with Gasteiger partial charge in [0.1, 0.15) is 6.04 Å². The number of hydrogen-bond acceptors (Lipinski definition) is 0. The summed E-state index contributed by atoms with van der Waals surface area (Å²) in [7, 11) is 0. The predicted molar refractivity (Wildman–Crippen MR) is 73.8 cm³/mol. The number of imidazole rings is 1. The van der Waals surface area contributed by atoms with Gasteiger partial charge in [0.2, 0.25) is 0 Å². The molecule has 0 aliphatic rings. The second-order valence-corrected chi connectivity index (χ2v) is 4.95. The van der Waals surface area contributed by atoms with Crippen molar-refractivity contribution in [3.05, 3.63) is 66.0 Å². The van der Waals surface area contributed by atoms with Crippen molar-refractivity contribution in [1.82, 2.24) is 4.98 Å². The van der Waals surface area contributed by atoms with Crippen LogP contribution in [0.5, 0.6) is 0 Å². The summed E-state index contributed by atoms with van der Waals surface area (Å²) in [6.07, 6.45) is -4.43. The molecule has 2 aromatic carbocycles. The van der Waals surface area contributed by atoms with Crippen molar-refractivity contribution < 1.29 is 17.7 Å². The van der Waals surface area contributed by atoms with Crippen molar-refractivity contribution in [2.45, 2.75) is 19.1 Å². The second-order valence-electron chi connectivity index (χ2n) is 4.95.